The van der Waals surface area contributed by atoms with E-state index < -0.39 is 0 Å². The Morgan fingerprint density at radius 1 is 0.778 bits per heavy atom. The predicted molar refractivity (Wildman–Crippen MR) is 227 cm³/mol. The van der Waals surface area contributed by atoms with E-state index in [9.17, 15) is 9.90 Å². The third-order valence-corrected chi connectivity index (χ3v) is 10.3. The molecular formula is C49H63IrN2O2-. The van der Waals surface area contributed by atoms with E-state index in [0.717, 1.165) is 54.4 Å². The number of ketones is 1. The van der Waals surface area contributed by atoms with Crippen molar-refractivity contribution in [2.75, 3.05) is 0 Å². The van der Waals surface area contributed by atoms with Crippen LogP contribution in [0.2, 0.25) is 0 Å². The molecule has 0 saturated carbocycles. The molecule has 0 fully saturated rings. The van der Waals surface area contributed by atoms with Crippen LogP contribution < -0.4 is 0 Å². The van der Waals surface area contributed by atoms with E-state index >= 15 is 0 Å². The van der Waals surface area contributed by atoms with Gasteiger partial charge in [-0.2, -0.15) is 0 Å². The minimum Gasteiger partial charge on any atom is -0.512 e. The SMILES string of the molecule is CC(C)c1cc2cc(CC(C)(C)C)ccc2cc1-c1cc(-c2[c-]c3ccccc3c(C(C)(C)C)c2)ncn1.CCC(CC)C(=O)/C=C(\O)C(CC)CC.[Ir]. The summed E-state index contributed by atoms with van der Waals surface area (Å²) in [6, 6.07) is 28.1. The fraction of sp³-hybridized carbons (Fsp3) is 0.449. The van der Waals surface area contributed by atoms with Crippen molar-refractivity contribution >= 4 is 27.3 Å². The van der Waals surface area contributed by atoms with Crippen molar-refractivity contribution in [1.29, 1.82) is 0 Å². The van der Waals surface area contributed by atoms with E-state index in [1.165, 1.54) is 44.5 Å². The van der Waals surface area contributed by atoms with Crippen LogP contribution in [0.1, 0.15) is 131 Å². The Labute approximate surface area is 339 Å². The molecule has 1 heterocycles. The van der Waals surface area contributed by atoms with Crippen molar-refractivity contribution in [2.45, 2.75) is 127 Å². The molecule has 0 aliphatic carbocycles. The minimum atomic E-state index is 0. The summed E-state index contributed by atoms with van der Waals surface area (Å²) in [4.78, 5) is 21.2. The number of hydrogen-bond donors (Lipinski definition) is 1. The second-order valence-corrected chi connectivity index (χ2v) is 17.2. The van der Waals surface area contributed by atoms with Crippen LogP contribution in [0.15, 0.2) is 84.9 Å². The third kappa shape index (κ3) is 11.4. The van der Waals surface area contributed by atoms with E-state index in [1.54, 1.807) is 6.33 Å². The molecule has 5 heteroatoms. The van der Waals surface area contributed by atoms with Gasteiger partial charge in [-0.15, -0.1) is 29.1 Å². The molecular weight excluding hydrogens is 841 g/mol. The molecule has 0 bridgehead atoms. The Balaban J connectivity index is 0.000000418. The van der Waals surface area contributed by atoms with Crippen molar-refractivity contribution in [3.8, 4) is 22.5 Å². The summed E-state index contributed by atoms with van der Waals surface area (Å²) in [5.41, 5.74) is 8.33. The fourth-order valence-electron chi connectivity index (χ4n) is 7.21. The minimum absolute atomic E-state index is 0. The average molecular weight is 904 g/mol. The number of aliphatic hydroxyl groups is 1. The first-order chi connectivity index (χ1) is 25.0. The predicted octanol–water partition coefficient (Wildman–Crippen LogP) is 13.8. The second-order valence-electron chi connectivity index (χ2n) is 17.2. The zero-order valence-corrected chi connectivity index (χ0v) is 37.3. The summed E-state index contributed by atoms with van der Waals surface area (Å²) in [6.45, 7) is 26.3. The Hall–Kier alpha value is -3.66. The summed E-state index contributed by atoms with van der Waals surface area (Å²) in [5, 5.41) is 14.7. The first kappa shape index (κ1) is 44.7. The molecule has 5 aromatic rings. The van der Waals surface area contributed by atoms with Crippen LogP contribution in [0.3, 0.4) is 0 Å². The molecule has 4 aromatic carbocycles. The second kappa shape index (κ2) is 19.3. The summed E-state index contributed by atoms with van der Waals surface area (Å²) in [7, 11) is 0. The van der Waals surface area contributed by atoms with Crippen LogP contribution >= 0.6 is 0 Å². The molecule has 0 amide bonds. The topological polar surface area (TPSA) is 63.1 Å². The van der Waals surface area contributed by atoms with Crippen LogP contribution in [0.25, 0.3) is 44.1 Å². The van der Waals surface area contributed by atoms with Gasteiger partial charge in [-0.1, -0.05) is 136 Å². The van der Waals surface area contributed by atoms with Gasteiger partial charge in [0.15, 0.2) is 5.78 Å². The summed E-state index contributed by atoms with van der Waals surface area (Å²) in [5.74, 6) is 0.921. The van der Waals surface area contributed by atoms with Crippen LogP contribution in [-0.4, -0.2) is 20.9 Å². The van der Waals surface area contributed by atoms with Crippen LogP contribution in [0.4, 0.5) is 0 Å². The summed E-state index contributed by atoms with van der Waals surface area (Å²) < 4.78 is 0. The molecule has 291 valence electrons. The maximum atomic E-state index is 11.7. The van der Waals surface area contributed by atoms with Crippen molar-refractivity contribution in [3.63, 3.8) is 0 Å². The number of carbonyl (C=O) groups excluding carboxylic acids is 1. The van der Waals surface area contributed by atoms with E-state index in [2.05, 4.69) is 128 Å². The number of nitrogens with zero attached hydrogens (tertiary/aromatic N) is 2. The smallest absolute Gasteiger partial charge is 0.162 e. The van der Waals surface area contributed by atoms with Gasteiger partial charge in [-0.25, -0.2) is 4.98 Å². The molecule has 0 atom stereocenters. The van der Waals surface area contributed by atoms with Gasteiger partial charge in [0.2, 0.25) is 0 Å². The molecule has 1 radical (unpaired) electrons. The zero-order chi connectivity index (χ0) is 39.1. The average Bonchev–Trinajstić information content (AvgIpc) is 3.10. The van der Waals surface area contributed by atoms with Crippen LogP contribution in [-0.2, 0) is 36.7 Å². The molecule has 1 aromatic heterocycles. The van der Waals surface area contributed by atoms with E-state index in [4.69, 9.17) is 9.97 Å². The molecule has 0 aliphatic rings. The van der Waals surface area contributed by atoms with Gasteiger partial charge in [-0.3, -0.25) is 9.78 Å². The van der Waals surface area contributed by atoms with Crippen molar-refractivity contribution in [1.82, 2.24) is 9.97 Å². The van der Waals surface area contributed by atoms with E-state index in [1.807, 2.05) is 27.7 Å². The van der Waals surface area contributed by atoms with E-state index in [-0.39, 0.29) is 54.3 Å². The largest absolute Gasteiger partial charge is 0.512 e. The quantitative estimate of drug-likeness (QED) is 0.0815. The first-order valence-corrected chi connectivity index (χ1v) is 19.8. The summed E-state index contributed by atoms with van der Waals surface area (Å²) >= 11 is 0. The van der Waals surface area contributed by atoms with Gasteiger partial charge in [-0.05, 0) is 82.9 Å². The van der Waals surface area contributed by atoms with Gasteiger partial charge in [0.1, 0.15) is 6.33 Å². The Morgan fingerprint density at radius 2 is 1.41 bits per heavy atom. The number of aromatic nitrogens is 2. The van der Waals surface area contributed by atoms with Crippen molar-refractivity contribution in [3.05, 3.63) is 108 Å². The first-order valence-electron chi connectivity index (χ1n) is 19.8. The third-order valence-electron chi connectivity index (χ3n) is 10.3. The van der Waals surface area contributed by atoms with Gasteiger partial charge < -0.3 is 5.11 Å². The van der Waals surface area contributed by atoms with Gasteiger partial charge in [0.25, 0.3) is 0 Å². The fourth-order valence-corrected chi connectivity index (χ4v) is 7.21. The molecule has 0 aliphatic heterocycles. The molecule has 4 nitrogen and oxygen atoms in total. The molecule has 0 unspecified atom stereocenters. The summed E-state index contributed by atoms with van der Waals surface area (Å²) in [6.07, 6.45) is 7.67. The number of benzene rings is 4. The number of rotatable bonds is 11. The molecule has 54 heavy (non-hydrogen) atoms. The van der Waals surface area contributed by atoms with Crippen LogP contribution in [0, 0.1) is 23.3 Å². The number of carbonyl (C=O) groups is 1. The molecule has 1 N–H and O–H groups in total. The van der Waals surface area contributed by atoms with Crippen LogP contribution in [0.5, 0.6) is 0 Å². The Kier molecular flexibility index (Phi) is 16.0. The van der Waals surface area contributed by atoms with Gasteiger partial charge >= 0.3 is 0 Å². The zero-order valence-electron chi connectivity index (χ0n) is 34.9. The van der Waals surface area contributed by atoms with Gasteiger partial charge in [0.05, 0.1) is 11.5 Å². The van der Waals surface area contributed by atoms with Crippen molar-refractivity contribution < 1.29 is 30.0 Å². The maximum Gasteiger partial charge on any atom is 0.162 e. The number of hydrogen-bond acceptors (Lipinski definition) is 4. The standard InChI is InChI=1S/C36H39N2.C13H24O2.Ir/c1-23(2)30-18-27-15-24(21-35(3,4)5)13-14-25(27)17-31(30)34-20-33(37-22-38-34)28-16-26-11-9-10-12-29(26)32(19-28)36(6,7)8;1-5-10(6-2)12(14)9-13(15)11(7-3)8-4;/h9-15,17-20,22-23H,21H2,1-8H3;9-11,14H,5-8H2,1-4H3;/q-1;;/b;12-9-;. The number of allylic oxidation sites excluding steroid dienone is 2. The molecule has 5 rings (SSSR count). The van der Waals surface area contributed by atoms with Crippen molar-refractivity contribution in [2.24, 2.45) is 17.3 Å². The number of fused-ring (bicyclic) bond motifs is 2. The normalized spacial score (nSPS) is 12.3. The number of aliphatic hydroxyl groups excluding tert-OH is 1. The Morgan fingerprint density at radius 3 is 2.00 bits per heavy atom. The Bertz CT molecular complexity index is 2040. The molecule has 0 spiro atoms. The monoisotopic (exact) mass is 904 g/mol. The van der Waals surface area contributed by atoms with E-state index in [0.29, 0.717) is 5.92 Å². The van der Waals surface area contributed by atoms with Gasteiger partial charge in [0, 0.05) is 49.3 Å². The maximum absolute atomic E-state index is 11.7. The molecule has 0 saturated heterocycles.